The van der Waals surface area contributed by atoms with E-state index in [4.69, 9.17) is 4.74 Å². The Bertz CT molecular complexity index is 345. The van der Waals surface area contributed by atoms with E-state index < -0.39 is 0 Å². The molecule has 1 aliphatic heterocycles. The Morgan fingerprint density at radius 1 is 1.41 bits per heavy atom. The molecule has 2 unspecified atom stereocenters. The van der Waals surface area contributed by atoms with Crippen molar-refractivity contribution >= 4 is 0 Å². The molecule has 2 atom stereocenters. The Hall–Kier alpha value is -0.860. The van der Waals surface area contributed by atoms with Crippen molar-refractivity contribution in [3.05, 3.63) is 35.4 Å². The molecule has 0 radical (unpaired) electrons. The van der Waals surface area contributed by atoms with Crippen LogP contribution in [0.4, 0.5) is 0 Å². The Morgan fingerprint density at radius 3 is 2.94 bits per heavy atom. The summed E-state index contributed by atoms with van der Waals surface area (Å²) in [6, 6.07) is 8.68. The van der Waals surface area contributed by atoms with Crippen LogP contribution in [0.1, 0.15) is 37.0 Å². The van der Waals surface area contributed by atoms with Crippen molar-refractivity contribution in [1.29, 1.82) is 0 Å². The second-order valence-electron chi connectivity index (χ2n) is 4.99. The van der Waals surface area contributed by atoms with Crippen molar-refractivity contribution in [3.8, 4) is 0 Å². The van der Waals surface area contributed by atoms with E-state index in [-0.39, 0.29) is 6.10 Å². The summed E-state index contributed by atoms with van der Waals surface area (Å²) < 4.78 is 5.45. The van der Waals surface area contributed by atoms with Crippen molar-refractivity contribution in [1.82, 2.24) is 5.32 Å². The lowest BCUT2D eigenvalue weighted by atomic mass is 9.89. The first-order valence-corrected chi connectivity index (χ1v) is 6.62. The molecular formula is C15H23NO. The molecule has 1 fully saturated rings. The maximum absolute atomic E-state index is 5.45. The topological polar surface area (TPSA) is 21.3 Å². The van der Waals surface area contributed by atoms with Gasteiger partial charge < -0.3 is 10.1 Å². The van der Waals surface area contributed by atoms with Crippen LogP contribution in [0, 0.1) is 5.92 Å². The Kier molecular flexibility index (Phi) is 4.57. The second kappa shape index (κ2) is 6.18. The standard InChI is InChI=1S/C15H23NO/c1-12(17-2)15-8-4-3-7-14(15)10-13-6-5-9-16-11-13/h3-4,7-8,12-13,16H,5-6,9-11H2,1-2H3. The molecule has 1 aromatic rings. The normalized spacial score (nSPS) is 22.4. The number of benzene rings is 1. The predicted molar refractivity (Wildman–Crippen MR) is 71.2 cm³/mol. The third-order valence-corrected chi connectivity index (χ3v) is 3.75. The fourth-order valence-corrected chi connectivity index (χ4v) is 2.65. The van der Waals surface area contributed by atoms with E-state index in [9.17, 15) is 0 Å². The average Bonchev–Trinajstić information content (AvgIpc) is 2.40. The molecular weight excluding hydrogens is 210 g/mol. The lowest BCUT2D eigenvalue weighted by molar-refractivity contribution is 0.118. The van der Waals surface area contributed by atoms with Crippen LogP contribution in [0.15, 0.2) is 24.3 Å². The van der Waals surface area contributed by atoms with Gasteiger partial charge in [0.2, 0.25) is 0 Å². The lowest BCUT2D eigenvalue weighted by Crippen LogP contribution is -2.31. The Morgan fingerprint density at radius 2 is 2.24 bits per heavy atom. The number of piperidine rings is 1. The van der Waals surface area contributed by atoms with Gasteiger partial charge in [0, 0.05) is 7.11 Å². The van der Waals surface area contributed by atoms with Gasteiger partial charge in [-0.05, 0) is 56.3 Å². The van der Waals surface area contributed by atoms with Crippen molar-refractivity contribution in [2.45, 2.75) is 32.3 Å². The highest BCUT2D eigenvalue weighted by Crippen LogP contribution is 2.24. The van der Waals surface area contributed by atoms with Gasteiger partial charge in [0.05, 0.1) is 6.10 Å². The minimum absolute atomic E-state index is 0.197. The largest absolute Gasteiger partial charge is 0.377 e. The molecule has 1 heterocycles. The van der Waals surface area contributed by atoms with Gasteiger partial charge in [-0.15, -0.1) is 0 Å². The number of rotatable bonds is 4. The van der Waals surface area contributed by atoms with Crippen LogP contribution in [-0.2, 0) is 11.2 Å². The maximum atomic E-state index is 5.45. The van der Waals surface area contributed by atoms with Crippen LogP contribution >= 0.6 is 0 Å². The van der Waals surface area contributed by atoms with Crippen LogP contribution in [0.5, 0.6) is 0 Å². The summed E-state index contributed by atoms with van der Waals surface area (Å²) in [5.74, 6) is 0.786. The third kappa shape index (κ3) is 3.30. The molecule has 1 aromatic carbocycles. The monoisotopic (exact) mass is 233 g/mol. The van der Waals surface area contributed by atoms with E-state index in [2.05, 4.69) is 36.5 Å². The summed E-state index contributed by atoms with van der Waals surface area (Å²) in [5, 5.41) is 3.49. The van der Waals surface area contributed by atoms with Crippen molar-refractivity contribution < 1.29 is 4.74 Å². The fraction of sp³-hybridized carbons (Fsp3) is 0.600. The molecule has 1 aliphatic rings. The maximum Gasteiger partial charge on any atom is 0.0795 e. The smallest absolute Gasteiger partial charge is 0.0795 e. The number of nitrogens with one attached hydrogen (secondary N) is 1. The van der Waals surface area contributed by atoms with E-state index in [1.54, 1.807) is 7.11 Å². The van der Waals surface area contributed by atoms with Gasteiger partial charge in [-0.1, -0.05) is 24.3 Å². The van der Waals surface area contributed by atoms with E-state index in [1.165, 1.54) is 36.9 Å². The zero-order valence-corrected chi connectivity index (χ0v) is 10.9. The molecule has 1 N–H and O–H groups in total. The van der Waals surface area contributed by atoms with Gasteiger partial charge in [0.1, 0.15) is 0 Å². The van der Waals surface area contributed by atoms with Gasteiger partial charge in [-0.25, -0.2) is 0 Å². The zero-order chi connectivity index (χ0) is 12.1. The molecule has 0 spiro atoms. The summed E-state index contributed by atoms with van der Waals surface area (Å²) in [7, 11) is 1.78. The predicted octanol–water partition coefficient (Wildman–Crippen LogP) is 2.94. The first-order chi connectivity index (χ1) is 8.31. The highest BCUT2D eigenvalue weighted by atomic mass is 16.5. The number of methoxy groups -OCH3 is 1. The van der Waals surface area contributed by atoms with Crippen LogP contribution in [-0.4, -0.2) is 20.2 Å². The Balaban J connectivity index is 2.08. The second-order valence-corrected chi connectivity index (χ2v) is 4.99. The van der Waals surface area contributed by atoms with Crippen molar-refractivity contribution in [2.75, 3.05) is 20.2 Å². The quantitative estimate of drug-likeness (QED) is 0.863. The molecule has 0 amide bonds. The number of ether oxygens (including phenoxy) is 1. The molecule has 2 heteroatoms. The minimum atomic E-state index is 0.197. The molecule has 94 valence electrons. The molecule has 2 rings (SSSR count). The lowest BCUT2D eigenvalue weighted by Gasteiger charge is -2.24. The third-order valence-electron chi connectivity index (χ3n) is 3.75. The van der Waals surface area contributed by atoms with Crippen molar-refractivity contribution in [2.24, 2.45) is 5.92 Å². The number of hydrogen-bond donors (Lipinski definition) is 1. The molecule has 0 saturated carbocycles. The van der Waals surface area contributed by atoms with E-state index in [0.717, 1.165) is 12.5 Å². The van der Waals surface area contributed by atoms with Gasteiger partial charge in [0.15, 0.2) is 0 Å². The van der Waals surface area contributed by atoms with Crippen molar-refractivity contribution in [3.63, 3.8) is 0 Å². The molecule has 1 saturated heterocycles. The summed E-state index contributed by atoms with van der Waals surface area (Å²) in [4.78, 5) is 0. The highest BCUT2D eigenvalue weighted by Gasteiger charge is 2.16. The first kappa shape index (κ1) is 12.6. The van der Waals surface area contributed by atoms with E-state index >= 15 is 0 Å². The van der Waals surface area contributed by atoms with E-state index in [0.29, 0.717) is 0 Å². The van der Waals surface area contributed by atoms with Crippen LogP contribution in [0.3, 0.4) is 0 Å². The molecule has 2 nitrogen and oxygen atoms in total. The summed E-state index contributed by atoms with van der Waals surface area (Å²) in [5.41, 5.74) is 2.80. The highest BCUT2D eigenvalue weighted by molar-refractivity contribution is 5.29. The van der Waals surface area contributed by atoms with Gasteiger partial charge >= 0.3 is 0 Å². The Labute approximate surface area is 104 Å². The minimum Gasteiger partial charge on any atom is -0.377 e. The summed E-state index contributed by atoms with van der Waals surface area (Å²) in [6.07, 6.45) is 4.04. The summed E-state index contributed by atoms with van der Waals surface area (Å²) in [6.45, 7) is 4.47. The van der Waals surface area contributed by atoms with Gasteiger partial charge in [-0.2, -0.15) is 0 Å². The molecule has 0 bridgehead atoms. The van der Waals surface area contributed by atoms with E-state index in [1.807, 2.05) is 0 Å². The van der Waals surface area contributed by atoms with Crippen LogP contribution in [0.2, 0.25) is 0 Å². The number of hydrogen-bond acceptors (Lipinski definition) is 2. The summed E-state index contributed by atoms with van der Waals surface area (Å²) >= 11 is 0. The molecule has 17 heavy (non-hydrogen) atoms. The molecule has 0 aromatic heterocycles. The molecule has 0 aliphatic carbocycles. The zero-order valence-electron chi connectivity index (χ0n) is 10.9. The first-order valence-electron chi connectivity index (χ1n) is 6.62. The van der Waals surface area contributed by atoms with Crippen LogP contribution in [0.25, 0.3) is 0 Å². The van der Waals surface area contributed by atoms with Gasteiger partial charge in [0.25, 0.3) is 0 Å². The average molecular weight is 233 g/mol. The SMILES string of the molecule is COC(C)c1ccccc1CC1CCCNC1. The van der Waals surface area contributed by atoms with Crippen LogP contribution < -0.4 is 5.32 Å². The van der Waals surface area contributed by atoms with Gasteiger partial charge in [-0.3, -0.25) is 0 Å². The fourth-order valence-electron chi connectivity index (χ4n) is 2.65.